The van der Waals surface area contributed by atoms with Crippen LogP contribution < -0.4 is 9.64 Å². The smallest absolute Gasteiger partial charge is 0.272 e. The topological polar surface area (TPSA) is 51.1 Å². The van der Waals surface area contributed by atoms with Gasteiger partial charge < -0.3 is 14.5 Å². The first-order valence-electron chi connectivity index (χ1n) is 8.22. The van der Waals surface area contributed by atoms with Gasteiger partial charge in [-0.15, -0.1) is 0 Å². The molecule has 25 heavy (non-hydrogen) atoms. The van der Waals surface area contributed by atoms with E-state index in [1.54, 1.807) is 4.90 Å². The summed E-state index contributed by atoms with van der Waals surface area (Å²) >= 11 is 0. The van der Waals surface area contributed by atoms with Crippen molar-refractivity contribution in [3.8, 4) is 5.75 Å². The molecule has 0 atom stereocenters. The van der Waals surface area contributed by atoms with E-state index in [4.69, 9.17) is 4.74 Å². The largest absolute Gasteiger partial charge is 0.489 e. The molecule has 0 aliphatic rings. The minimum Gasteiger partial charge on any atom is -0.489 e. The number of para-hydroxylation sites is 1. The number of hydrogen-bond acceptors (Lipinski definition) is 4. The average Bonchev–Trinajstić information content (AvgIpc) is 2.61. The first-order chi connectivity index (χ1) is 12.1. The van der Waals surface area contributed by atoms with E-state index in [0.717, 1.165) is 22.6 Å². The molecule has 1 amide bonds. The molecule has 0 N–H and O–H groups in total. The Morgan fingerprint density at radius 3 is 2.64 bits per heavy atom. The summed E-state index contributed by atoms with van der Waals surface area (Å²) in [4.78, 5) is 18.5. The fraction of sp³-hybridized carbons (Fsp3) is 0.300. The van der Waals surface area contributed by atoms with Gasteiger partial charge in [0.05, 0.1) is 5.69 Å². The van der Waals surface area contributed by atoms with Crippen LogP contribution in [0.3, 0.4) is 0 Å². The van der Waals surface area contributed by atoms with Gasteiger partial charge in [0.25, 0.3) is 5.91 Å². The van der Waals surface area contributed by atoms with Crippen molar-refractivity contribution < 1.29 is 14.4 Å². The van der Waals surface area contributed by atoms with Crippen LogP contribution in [0.4, 0.5) is 5.69 Å². The summed E-state index contributed by atoms with van der Waals surface area (Å²) in [5.41, 5.74) is 4.03. The van der Waals surface area contributed by atoms with Gasteiger partial charge >= 0.3 is 0 Å². The Labute approximate surface area is 148 Å². The Morgan fingerprint density at radius 2 is 1.96 bits per heavy atom. The van der Waals surface area contributed by atoms with E-state index >= 15 is 0 Å². The molecule has 0 saturated carbocycles. The lowest BCUT2D eigenvalue weighted by Gasteiger charge is -2.22. The van der Waals surface area contributed by atoms with Gasteiger partial charge in [-0.25, -0.2) is 0 Å². The highest BCUT2D eigenvalue weighted by Crippen LogP contribution is 2.24. The van der Waals surface area contributed by atoms with Crippen LogP contribution in [0.1, 0.15) is 23.6 Å². The molecule has 0 fully saturated rings. The molecule has 2 aromatic rings. The Balaban J connectivity index is 2.21. The highest BCUT2D eigenvalue weighted by molar-refractivity contribution is 6.32. The number of oxime groups is 1. The number of rotatable bonds is 7. The van der Waals surface area contributed by atoms with E-state index in [-0.39, 0.29) is 5.91 Å². The number of anilines is 1. The predicted octanol–water partition coefficient (Wildman–Crippen LogP) is 3.87. The molecule has 0 unspecified atom stereocenters. The number of benzene rings is 2. The van der Waals surface area contributed by atoms with Crippen LogP contribution in [0.2, 0.25) is 0 Å². The molecule has 5 heteroatoms. The third-order valence-corrected chi connectivity index (χ3v) is 3.85. The van der Waals surface area contributed by atoms with Crippen LogP contribution in [0.5, 0.6) is 5.75 Å². The summed E-state index contributed by atoms with van der Waals surface area (Å²) in [6.45, 7) is 6.90. The number of aryl methyl sites for hydroxylation is 2. The number of carbonyl (C=O) groups excluding carboxylic acids is 1. The highest BCUT2D eigenvalue weighted by Gasteiger charge is 2.16. The summed E-state index contributed by atoms with van der Waals surface area (Å²) in [6.07, 6.45) is 1.17. The molecule has 0 spiro atoms. The number of hydrogen-bond donors (Lipinski definition) is 0. The molecular weight excluding hydrogens is 316 g/mol. The van der Waals surface area contributed by atoms with Crippen molar-refractivity contribution in [1.82, 2.24) is 0 Å². The fourth-order valence-corrected chi connectivity index (χ4v) is 2.63. The van der Waals surface area contributed by atoms with E-state index in [9.17, 15) is 4.79 Å². The van der Waals surface area contributed by atoms with Crippen molar-refractivity contribution in [3.63, 3.8) is 0 Å². The summed E-state index contributed by atoms with van der Waals surface area (Å²) in [6, 6.07) is 13.8. The standard InChI is InChI=1S/C20H24N2O3/c1-5-22(20(23)13-21-24-4)18-9-7-6-8-17(18)14-25-19-11-10-15(2)12-16(19)3/h6-13H,5,14H2,1-4H3. The van der Waals surface area contributed by atoms with E-state index in [1.807, 2.05) is 50.2 Å². The van der Waals surface area contributed by atoms with Crippen molar-refractivity contribution in [2.24, 2.45) is 5.16 Å². The van der Waals surface area contributed by atoms with Crippen molar-refractivity contribution in [3.05, 3.63) is 59.2 Å². The second-order valence-electron chi connectivity index (χ2n) is 5.69. The Hall–Kier alpha value is -2.82. The fourth-order valence-electron chi connectivity index (χ4n) is 2.63. The monoisotopic (exact) mass is 340 g/mol. The molecule has 0 bridgehead atoms. The summed E-state index contributed by atoms with van der Waals surface area (Å²) in [5.74, 6) is 0.610. The Kier molecular flexibility index (Phi) is 6.57. The maximum absolute atomic E-state index is 12.3. The molecule has 2 aromatic carbocycles. The van der Waals surface area contributed by atoms with Crippen LogP contribution in [-0.4, -0.2) is 25.8 Å². The van der Waals surface area contributed by atoms with Crippen LogP contribution in [-0.2, 0) is 16.2 Å². The zero-order valence-corrected chi connectivity index (χ0v) is 15.2. The van der Waals surface area contributed by atoms with Crippen molar-refractivity contribution in [2.75, 3.05) is 18.6 Å². The maximum atomic E-state index is 12.3. The summed E-state index contributed by atoms with van der Waals surface area (Å²) in [5, 5.41) is 3.56. The van der Waals surface area contributed by atoms with Crippen LogP contribution in [0.25, 0.3) is 0 Å². The van der Waals surface area contributed by atoms with E-state index in [1.165, 1.54) is 18.9 Å². The Morgan fingerprint density at radius 1 is 1.20 bits per heavy atom. The molecule has 0 aliphatic carbocycles. The quantitative estimate of drug-likeness (QED) is 0.568. The van der Waals surface area contributed by atoms with Crippen LogP contribution in [0.15, 0.2) is 47.6 Å². The lowest BCUT2D eigenvalue weighted by atomic mass is 10.1. The Bertz CT molecular complexity index is 756. The van der Waals surface area contributed by atoms with Gasteiger partial charge in [-0.3, -0.25) is 4.79 Å². The van der Waals surface area contributed by atoms with Gasteiger partial charge in [0.2, 0.25) is 0 Å². The number of carbonyl (C=O) groups is 1. The van der Waals surface area contributed by atoms with Gasteiger partial charge in [0.1, 0.15) is 25.7 Å². The third-order valence-electron chi connectivity index (χ3n) is 3.85. The number of amides is 1. The van der Waals surface area contributed by atoms with Gasteiger partial charge in [-0.1, -0.05) is 41.1 Å². The van der Waals surface area contributed by atoms with Gasteiger partial charge in [-0.05, 0) is 38.5 Å². The van der Waals surface area contributed by atoms with E-state index < -0.39 is 0 Å². The van der Waals surface area contributed by atoms with Gasteiger partial charge in [0.15, 0.2) is 0 Å². The van der Waals surface area contributed by atoms with Crippen LogP contribution >= 0.6 is 0 Å². The van der Waals surface area contributed by atoms with Gasteiger partial charge in [-0.2, -0.15) is 0 Å². The zero-order valence-electron chi connectivity index (χ0n) is 15.2. The minimum absolute atomic E-state index is 0.233. The molecule has 0 saturated heterocycles. The molecule has 0 aliphatic heterocycles. The number of ether oxygens (including phenoxy) is 1. The predicted molar refractivity (Wildman–Crippen MR) is 100 cm³/mol. The highest BCUT2D eigenvalue weighted by atomic mass is 16.6. The normalized spacial score (nSPS) is 10.7. The van der Waals surface area contributed by atoms with E-state index in [2.05, 4.69) is 23.0 Å². The lowest BCUT2D eigenvalue weighted by molar-refractivity contribution is -0.112. The average molecular weight is 340 g/mol. The van der Waals surface area contributed by atoms with Crippen molar-refractivity contribution in [1.29, 1.82) is 0 Å². The van der Waals surface area contributed by atoms with Crippen LogP contribution in [0, 0.1) is 13.8 Å². The SMILES string of the molecule is CCN(C(=O)C=NOC)c1ccccc1COc1ccc(C)cc1C. The first kappa shape index (κ1) is 18.5. The molecule has 2 rings (SSSR count). The minimum atomic E-state index is -0.233. The lowest BCUT2D eigenvalue weighted by Crippen LogP contribution is -2.32. The first-order valence-corrected chi connectivity index (χ1v) is 8.22. The van der Waals surface area contributed by atoms with Gasteiger partial charge in [0, 0.05) is 12.1 Å². The van der Waals surface area contributed by atoms with Crippen molar-refractivity contribution in [2.45, 2.75) is 27.4 Å². The summed E-state index contributed by atoms with van der Waals surface area (Å²) in [7, 11) is 1.41. The molecular formula is C20H24N2O3. The second-order valence-corrected chi connectivity index (χ2v) is 5.69. The summed E-state index contributed by atoms with van der Waals surface area (Å²) < 4.78 is 5.98. The van der Waals surface area contributed by atoms with E-state index in [0.29, 0.717) is 13.2 Å². The second kappa shape index (κ2) is 8.87. The van der Waals surface area contributed by atoms with Crippen molar-refractivity contribution >= 4 is 17.8 Å². The molecule has 132 valence electrons. The maximum Gasteiger partial charge on any atom is 0.272 e. The molecule has 5 nitrogen and oxygen atoms in total. The third kappa shape index (κ3) is 4.83. The zero-order chi connectivity index (χ0) is 18.2. The molecule has 0 heterocycles. The molecule has 0 aromatic heterocycles. The molecule has 0 radical (unpaired) electrons. The number of nitrogens with zero attached hydrogens (tertiary/aromatic N) is 2.